The van der Waals surface area contributed by atoms with E-state index in [0.717, 1.165) is 23.2 Å². The van der Waals surface area contributed by atoms with Gasteiger partial charge in [0.25, 0.3) is 0 Å². The minimum absolute atomic E-state index is 0.169. The van der Waals surface area contributed by atoms with Crippen LogP contribution in [0.1, 0.15) is 40.5 Å². The topological polar surface area (TPSA) is 86.6 Å². The van der Waals surface area contributed by atoms with Crippen LogP contribution >= 0.6 is 0 Å². The van der Waals surface area contributed by atoms with Crippen LogP contribution in [-0.2, 0) is 23.1 Å². The van der Waals surface area contributed by atoms with Crippen LogP contribution in [0.15, 0.2) is 24.3 Å². The third-order valence-electron chi connectivity index (χ3n) is 3.87. The van der Waals surface area contributed by atoms with Crippen LogP contribution in [0.5, 0.6) is 0 Å². The van der Waals surface area contributed by atoms with Crippen LogP contribution in [0.4, 0.5) is 0 Å². The minimum Gasteiger partial charge on any atom is -0.465 e. The van der Waals surface area contributed by atoms with E-state index >= 15 is 0 Å². The molecule has 0 heterocycles. The molecule has 172 valence electrons. The Labute approximate surface area is 181 Å². The van der Waals surface area contributed by atoms with Crippen molar-refractivity contribution in [3.8, 4) is 0 Å². The van der Waals surface area contributed by atoms with E-state index in [4.69, 9.17) is 23.1 Å². The molecule has 29 heavy (non-hydrogen) atoms. The van der Waals surface area contributed by atoms with E-state index < -0.39 is 32.1 Å². The second-order valence-electron chi connectivity index (χ2n) is 7.38. The van der Waals surface area contributed by atoms with E-state index in [9.17, 15) is 10.2 Å². The van der Waals surface area contributed by atoms with Gasteiger partial charge in [0.2, 0.25) is 0 Å². The highest BCUT2D eigenvalue weighted by atomic mass is 28.3. The highest BCUT2D eigenvalue weighted by Gasteiger charge is 2.17. The normalized spacial score (nSPS) is 16.5. The number of hydrogen-bond acceptors (Lipinski definition) is 7. The summed E-state index contributed by atoms with van der Waals surface area (Å²) in [5.41, 5.74) is 1.91. The number of ether oxygens (including phenoxy) is 4. The quantitative estimate of drug-likeness (QED) is 0.126. The Kier molecular flexibility index (Phi) is 18.2. The lowest BCUT2D eigenvalue weighted by molar-refractivity contribution is -0.146. The average Bonchev–Trinajstić information content (AvgIpc) is 2.66. The molecule has 0 fully saturated rings. The van der Waals surface area contributed by atoms with Crippen LogP contribution < -0.4 is 0 Å². The Bertz CT molecular complexity index is 399. The van der Waals surface area contributed by atoms with Gasteiger partial charge in [-0.25, -0.2) is 0 Å². The molecule has 0 aliphatic carbocycles. The van der Waals surface area contributed by atoms with E-state index in [1.807, 2.05) is 27.7 Å². The first kappa shape index (κ1) is 28.6. The standard InChI is InChI=1S/C20H42O7Si2/c1-7-19(21)25-17(11-23-9-15(3)4)13-28-27-29-14-18(26-20(22)8-2)12-24-10-16(5)6/h17-22H,3,5,7-14,28-29H2,1-2,4,6H3. The SMILES string of the molecule is C=C(C)COCC(C[SiH2]O[SiH2]CC(COCC(=C)C)OC(O)CC)OC(O)CC. The fraction of sp³-hybridized carbons (Fsp3) is 0.800. The molecular formula is C20H42O7Si2. The van der Waals surface area contributed by atoms with Gasteiger partial charge in [0, 0.05) is 0 Å². The first-order valence-corrected chi connectivity index (χ1v) is 13.6. The van der Waals surface area contributed by atoms with Crippen LogP contribution in [-0.4, -0.2) is 81.0 Å². The van der Waals surface area contributed by atoms with Gasteiger partial charge in [0.1, 0.15) is 19.5 Å². The maximum Gasteiger partial charge on any atom is 0.154 e. The fourth-order valence-corrected chi connectivity index (χ4v) is 5.56. The van der Waals surface area contributed by atoms with E-state index in [1.54, 1.807) is 0 Å². The van der Waals surface area contributed by atoms with E-state index in [-0.39, 0.29) is 12.2 Å². The van der Waals surface area contributed by atoms with Gasteiger partial charge in [-0.3, -0.25) is 0 Å². The molecule has 0 aromatic rings. The summed E-state index contributed by atoms with van der Waals surface area (Å²) in [4.78, 5) is 0. The summed E-state index contributed by atoms with van der Waals surface area (Å²) in [6, 6.07) is 1.55. The van der Waals surface area contributed by atoms with E-state index in [1.165, 1.54) is 0 Å². The molecule has 2 N–H and O–H groups in total. The van der Waals surface area contributed by atoms with Crippen molar-refractivity contribution in [3.63, 3.8) is 0 Å². The molecule has 0 saturated heterocycles. The van der Waals surface area contributed by atoms with Crippen molar-refractivity contribution in [1.29, 1.82) is 0 Å². The maximum absolute atomic E-state index is 9.77. The zero-order chi connectivity index (χ0) is 22.1. The molecule has 7 nitrogen and oxygen atoms in total. The van der Waals surface area contributed by atoms with Gasteiger partial charge in [-0.1, -0.05) is 38.2 Å². The Morgan fingerprint density at radius 2 is 1.17 bits per heavy atom. The third kappa shape index (κ3) is 18.1. The lowest BCUT2D eigenvalue weighted by atomic mass is 10.4. The van der Waals surface area contributed by atoms with Crippen molar-refractivity contribution in [3.05, 3.63) is 24.3 Å². The third-order valence-corrected chi connectivity index (χ3v) is 7.94. The molecule has 0 amide bonds. The molecule has 0 aliphatic rings. The van der Waals surface area contributed by atoms with Gasteiger partial charge in [0.15, 0.2) is 12.6 Å². The smallest absolute Gasteiger partial charge is 0.154 e. The largest absolute Gasteiger partial charge is 0.465 e. The van der Waals surface area contributed by atoms with E-state index in [2.05, 4.69) is 13.2 Å². The van der Waals surface area contributed by atoms with Crippen molar-refractivity contribution in [2.45, 2.75) is 77.4 Å². The summed E-state index contributed by atoms with van der Waals surface area (Å²) in [7, 11) is -1.58. The second kappa shape index (κ2) is 18.4. The van der Waals surface area contributed by atoms with Gasteiger partial charge >= 0.3 is 0 Å². The minimum atomic E-state index is -0.791. The number of aliphatic hydroxyl groups excluding tert-OH is 2. The van der Waals surface area contributed by atoms with E-state index in [0.29, 0.717) is 39.3 Å². The maximum atomic E-state index is 9.77. The van der Waals surface area contributed by atoms with Gasteiger partial charge < -0.3 is 33.3 Å². The van der Waals surface area contributed by atoms with Crippen molar-refractivity contribution < 1.29 is 33.3 Å². The summed E-state index contributed by atoms with van der Waals surface area (Å²) in [6.45, 7) is 17.0. The van der Waals surface area contributed by atoms with Crippen LogP contribution in [0.25, 0.3) is 0 Å². The Morgan fingerprint density at radius 1 is 0.793 bits per heavy atom. The van der Waals surface area contributed by atoms with Gasteiger partial charge in [-0.15, -0.1) is 0 Å². The van der Waals surface area contributed by atoms with Crippen LogP contribution in [0.2, 0.25) is 12.1 Å². The van der Waals surface area contributed by atoms with Gasteiger partial charge in [-0.2, -0.15) is 0 Å². The molecule has 4 atom stereocenters. The molecule has 0 rings (SSSR count). The number of hydrogen-bond donors (Lipinski definition) is 2. The van der Waals surface area contributed by atoms with Crippen LogP contribution in [0.3, 0.4) is 0 Å². The predicted molar refractivity (Wildman–Crippen MR) is 121 cm³/mol. The highest BCUT2D eigenvalue weighted by molar-refractivity contribution is 6.42. The van der Waals surface area contributed by atoms with Gasteiger partial charge in [0.05, 0.1) is 38.6 Å². The molecule has 9 heteroatoms. The zero-order valence-electron chi connectivity index (χ0n) is 18.7. The molecule has 0 aliphatic heterocycles. The lowest BCUT2D eigenvalue weighted by Crippen LogP contribution is -2.30. The first-order valence-electron chi connectivity index (χ1n) is 10.5. The molecule has 0 aromatic carbocycles. The molecule has 0 aromatic heterocycles. The number of aliphatic hydroxyl groups is 2. The highest BCUT2D eigenvalue weighted by Crippen LogP contribution is 2.09. The fourth-order valence-electron chi connectivity index (χ4n) is 2.28. The Balaban J connectivity index is 4.26. The first-order chi connectivity index (χ1) is 13.8. The molecule has 0 saturated carbocycles. The molecule has 4 unspecified atom stereocenters. The monoisotopic (exact) mass is 450 g/mol. The van der Waals surface area contributed by atoms with Gasteiger partial charge in [-0.05, 0) is 38.8 Å². The van der Waals surface area contributed by atoms with Crippen LogP contribution in [0, 0.1) is 0 Å². The number of rotatable bonds is 20. The predicted octanol–water partition coefficient (Wildman–Crippen LogP) is 1.42. The average molecular weight is 451 g/mol. The summed E-state index contributed by atoms with van der Waals surface area (Å²) in [6.07, 6.45) is -0.818. The summed E-state index contributed by atoms with van der Waals surface area (Å²) < 4.78 is 28.4. The zero-order valence-corrected chi connectivity index (χ0v) is 21.6. The Hall–Kier alpha value is -0.366. The second-order valence-corrected chi connectivity index (χ2v) is 11.0. The summed E-state index contributed by atoms with van der Waals surface area (Å²) in [5, 5.41) is 19.5. The molecule has 0 spiro atoms. The van der Waals surface area contributed by atoms with Crippen molar-refractivity contribution in [2.24, 2.45) is 0 Å². The Morgan fingerprint density at radius 3 is 1.48 bits per heavy atom. The van der Waals surface area contributed by atoms with Crippen molar-refractivity contribution in [2.75, 3.05) is 26.4 Å². The molecule has 0 bridgehead atoms. The lowest BCUT2D eigenvalue weighted by Gasteiger charge is -2.22. The van der Waals surface area contributed by atoms with Crippen molar-refractivity contribution >= 4 is 19.5 Å². The molecular weight excluding hydrogens is 408 g/mol. The summed E-state index contributed by atoms with van der Waals surface area (Å²) in [5.74, 6) is 0. The summed E-state index contributed by atoms with van der Waals surface area (Å²) >= 11 is 0. The van der Waals surface area contributed by atoms with Crippen molar-refractivity contribution in [1.82, 2.24) is 0 Å². The molecule has 0 radical (unpaired) electrons.